The van der Waals surface area contributed by atoms with E-state index in [4.69, 9.17) is 28.9 Å². The van der Waals surface area contributed by atoms with Crippen LogP contribution in [0.2, 0.25) is 0 Å². The number of benzene rings is 5. The van der Waals surface area contributed by atoms with Crippen molar-refractivity contribution in [2.24, 2.45) is 9.98 Å². The van der Waals surface area contributed by atoms with Gasteiger partial charge in [0, 0.05) is 66.8 Å². The van der Waals surface area contributed by atoms with Crippen LogP contribution in [0.3, 0.4) is 0 Å². The van der Waals surface area contributed by atoms with Gasteiger partial charge in [-0.3, -0.25) is 24.4 Å². The maximum atomic E-state index is 12.7. The fourth-order valence-electron chi connectivity index (χ4n) is 7.55. The number of ether oxygens (including phenoxy) is 4. The number of aldehydes is 2. The minimum Gasteiger partial charge on any atom is -0.493 e. The van der Waals surface area contributed by atoms with Crippen LogP contribution in [0.4, 0.5) is 28.4 Å². The molecule has 0 bridgehead atoms. The number of nitrogens with one attached hydrogen (secondary N) is 2. The van der Waals surface area contributed by atoms with Gasteiger partial charge in [0.05, 0.1) is 44.2 Å². The average molecular weight is 809 g/mol. The van der Waals surface area contributed by atoms with Gasteiger partial charge in [-0.25, -0.2) is 0 Å². The largest absolute Gasteiger partial charge is 0.493 e. The molecule has 0 fully saturated rings. The summed E-state index contributed by atoms with van der Waals surface area (Å²) in [7, 11) is 8.78. The van der Waals surface area contributed by atoms with Crippen LogP contribution in [0.1, 0.15) is 43.0 Å². The van der Waals surface area contributed by atoms with Crippen molar-refractivity contribution in [3.05, 3.63) is 124 Å². The Bertz CT molecular complexity index is 2290. The normalized spacial score (nSPS) is 15.6. The Labute approximate surface area is 349 Å². The summed E-state index contributed by atoms with van der Waals surface area (Å²) in [6, 6.07) is 28.7. The first kappa shape index (κ1) is 41.2. The fraction of sp³-hybridized carbons (Fsp3) is 0.255. The molecule has 308 valence electrons. The molecule has 0 saturated heterocycles. The summed E-state index contributed by atoms with van der Waals surface area (Å²) in [5, 5.41) is 5.80. The van der Waals surface area contributed by atoms with E-state index in [2.05, 4.69) is 44.7 Å². The summed E-state index contributed by atoms with van der Waals surface area (Å²) in [6.45, 7) is 0.281. The monoisotopic (exact) mass is 808 g/mol. The van der Waals surface area contributed by atoms with Gasteiger partial charge in [0.2, 0.25) is 5.91 Å². The molecule has 0 aromatic heterocycles. The van der Waals surface area contributed by atoms with Crippen molar-refractivity contribution in [2.45, 2.75) is 38.1 Å². The topological polar surface area (TPSA) is 143 Å². The molecule has 1 amide bonds. The van der Waals surface area contributed by atoms with Crippen LogP contribution >= 0.6 is 0 Å². The first-order chi connectivity index (χ1) is 29.2. The predicted octanol–water partition coefficient (Wildman–Crippen LogP) is 7.17. The average Bonchev–Trinajstić information content (AvgIpc) is 3.77. The Hall–Kier alpha value is -6.99. The predicted molar refractivity (Wildman–Crippen MR) is 235 cm³/mol. The van der Waals surface area contributed by atoms with E-state index in [9.17, 15) is 14.4 Å². The number of likely N-dealkylation sites (N-methyl/N-ethyl adjacent to an activating group) is 3. The molecule has 1 unspecified atom stereocenters. The van der Waals surface area contributed by atoms with Gasteiger partial charge in [0.25, 0.3) is 0 Å². The lowest BCUT2D eigenvalue weighted by Crippen LogP contribution is -2.28. The summed E-state index contributed by atoms with van der Waals surface area (Å²) in [5.41, 5.74) is 8.41. The molecule has 2 N–H and O–H groups in total. The number of anilines is 3. The molecular formula is C47H48N6O7. The van der Waals surface area contributed by atoms with E-state index in [0.717, 1.165) is 47.9 Å². The minimum atomic E-state index is -0.225. The van der Waals surface area contributed by atoms with Gasteiger partial charge < -0.3 is 39.4 Å². The zero-order valence-corrected chi connectivity index (χ0v) is 34.3. The highest BCUT2D eigenvalue weighted by Crippen LogP contribution is 2.38. The molecule has 0 aliphatic carbocycles. The third kappa shape index (κ3) is 9.16. The SMILES string of the molecule is CNCC(=O)Nc1cc(COc2cc(/N=C\C3Cc4ccccc4N3C)c(C=O)cc2OC)cc(COc2cc(/N=C\[C@@H]3Cc4ccccc4N3C)c(C=O)cc2OC)c1. The van der Waals surface area contributed by atoms with Gasteiger partial charge >= 0.3 is 0 Å². The molecule has 5 aromatic rings. The van der Waals surface area contributed by atoms with Gasteiger partial charge in [0.1, 0.15) is 13.2 Å². The van der Waals surface area contributed by atoms with Crippen LogP contribution in [0.25, 0.3) is 0 Å². The standard InChI is InChI=1S/C47H48N6O7/c1-48-25-47(56)51-36-15-30(28-59-45-21-39(34(26-54)19-43(45)57-4)49-23-37-17-32-10-6-8-12-41(32)52(37)2)14-31(16-36)29-60-46-22-40(35(27-55)20-44(46)58-5)50-24-38-18-33-11-7-9-13-42(33)53(38)3/h6-16,19-24,26-27,37-38,48H,17-18,25,28-29H2,1-5H3,(H,51,56)/b49-23-,50-24-/t37-,38?/m0/s1. The zero-order valence-electron chi connectivity index (χ0n) is 34.3. The fourth-order valence-corrected chi connectivity index (χ4v) is 7.55. The lowest BCUT2D eigenvalue weighted by atomic mass is 10.1. The molecule has 0 radical (unpaired) electrons. The Morgan fingerprint density at radius 2 is 1.15 bits per heavy atom. The van der Waals surface area contributed by atoms with Crippen LogP contribution in [0.5, 0.6) is 23.0 Å². The third-order valence-electron chi connectivity index (χ3n) is 10.7. The Morgan fingerprint density at radius 1 is 0.683 bits per heavy atom. The van der Waals surface area contributed by atoms with Crippen LogP contribution in [0, 0.1) is 0 Å². The zero-order chi connectivity index (χ0) is 42.2. The number of hydrogen-bond acceptors (Lipinski definition) is 12. The van der Waals surface area contributed by atoms with Crippen molar-refractivity contribution in [1.82, 2.24) is 5.32 Å². The van der Waals surface area contributed by atoms with Crippen molar-refractivity contribution in [3.63, 3.8) is 0 Å². The molecule has 0 saturated carbocycles. The highest BCUT2D eigenvalue weighted by molar-refractivity contribution is 5.92. The lowest BCUT2D eigenvalue weighted by Gasteiger charge is -2.19. The number of hydrogen-bond donors (Lipinski definition) is 2. The number of carbonyl (C=O) groups is 3. The Balaban J connectivity index is 1.11. The van der Waals surface area contributed by atoms with Gasteiger partial charge in [-0.15, -0.1) is 0 Å². The number of amides is 1. The van der Waals surface area contributed by atoms with E-state index in [1.165, 1.54) is 25.3 Å². The number of carbonyl (C=O) groups excluding carboxylic acids is 3. The molecule has 5 aromatic carbocycles. The van der Waals surface area contributed by atoms with E-state index >= 15 is 0 Å². The molecule has 2 atom stereocenters. The first-order valence-electron chi connectivity index (χ1n) is 19.6. The molecule has 0 spiro atoms. The number of aliphatic imine (C=N–C) groups is 2. The van der Waals surface area contributed by atoms with E-state index in [-0.39, 0.29) is 37.7 Å². The molecule has 2 aliphatic heterocycles. The molecule has 2 aliphatic rings. The summed E-state index contributed by atoms with van der Waals surface area (Å²) in [4.78, 5) is 50.8. The van der Waals surface area contributed by atoms with Crippen molar-refractivity contribution in [1.29, 1.82) is 0 Å². The van der Waals surface area contributed by atoms with Crippen molar-refractivity contribution >= 4 is 59.3 Å². The Kier molecular flexibility index (Phi) is 12.9. The van der Waals surface area contributed by atoms with Crippen LogP contribution in [-0.2, 0) is 30.8 Å². The van der Waals surface area contributed by atoms with E-state index in [1.54, 1.807) is 31.3 Å². The second kappa shape index (κ2) is 18.7. The molecule has 13 nitrogen and oxygen atoms in total. The second-order valence-electron chi connectivity index (χ2n) is 14.6. The molecule has 60 heavy (non-hydrogen) atoms. The quantitative estimate of drug-likeness (QED) is 0.0733. The highest BCUT2D eigenvalue weighted by Gasteiger charge is 2.26. The third-order valence-corrected chi connectivity index (χ3v) is 10.7. The van der Waals surface area contributed by atoms with E-state index in [0.29, 0.717) is 51.2 Å². The number of fused-ring (bicyclic) bond motifs is 2. The maximum absolute atomic E-state index is 12.7. The van der Waals surface area contributed by atoms with Crippen LogP contribution in [-0.4, -0.2) is 84.9 Å². The van der Waals surface area contributed by atoms with Gasteiger partial charge in [0.15, 0.2) is 35.6 Å². The minimum absolute atomic E-state index is 0.0227. The van der Waals surface area contributed by atoms with E-state index < -0.39 is 0 Å². The summed E-state index contributed by atoms with van der Waals surface area (Å²) in [5.74, 6) is 1.30. The summed E-state index contributed by atoms with van der Waals surface area (Å²) in [6.07, 6.45) is 6.82. The maximum Gasteiger partial charge on any atom is 0.238 e. The lowest BCUT2D eigenvalue weighted by molar-refractivity contribution is -0.115. The molecule has 2 heterocycles. The van der Waals surface area contributed by atoms with Crippen molar-refractivity contribution < 1.29 is 33.3 Å². The molecular weight excluding hydrogens is 761 g/mol. The first-order valence-corrected chi connectivity index (χ1v) is 19.6. The smallest absolute Gasteiger partial charge is 0.238 e. The van der Waals surface area contributed by atoms with Gasteiger partial charge in [-0.2, -0.15) is 0 Å². The number of nitrogens with zero attached hydrogens (tertiary/aromatic N) is 4. The number of para-hydroxylation sites is 2. The summed E-state index contributed by atoms with van der Waals surface area (Å²) >= 11 is 0. The number of rotatable bonds is 17. The number of methoxy groups -OCH3 is 2. The van der Waals surface area contributed by atoms with Crippen molar-refractivity contribution in [3.8, 4) is 23.0 Å². The molecule has 7 rings (SSSR count). The van der Waals surface area contributed by atoms with E-state index in [1.807, 2.05) is 69.0 Å². The van der Waals surface area contributed by atoms with Crippen molar-refractivity contribution in [2.75, 3.05) is 57.0 Å². The second-order valence-corrected chi connectivity index (χ2v) is 14.6. The molecule has 13 heteroatoms. The van der Waals surface area contributed by atoms with Crippen LogP contribution in [0.15, 0.2) is 101 Å². The van der Waals surface area contributed by atoms with Gasteiger partial charge in [-0.1, -0.05) is 36.4 Å². The van der Waals surface area contributed by atoms with Crippen LogP contribution < -0.4 is 39.4 Å². The highest BCUT2D eigenvalue weighted by atomic mass is 16.5. The van der Waals surface area contributed by atoms with Gasteiger partial charge in [-0.05, 0) is 84.6 Å². The summed E-state index contributed by atoms with van der Waals surface area (Å²) < 4.78 is 23.9. The Morgan fingerprint density at radius 3 is 1.57 bits per heavy atom.